The number of para-hydroxylation sites is 1. The van der Waals surface area contributed by atoms with Crippen LogP contribution in [-0.2, 0) is 11.2 Å². The molecule has 2 atom stereocenters. The van der Waals surface area contributed by atoms with E-state index in [-0.39, 0.29) is 5.91 Å². The van der Waals surface area contributed by atoms with Crippen molar-refractivity contribution in [1.29, 1.82) is 0 Å². The highest BCUT2D eigenvalue weighted by molar-refractivity contribution is 5.86. The summed E-state index contributed by atoms with van der Waals surface area (Å²) in [7, 11) is 0. The quantitative estimate of drug-likeness (QED) is 0.788. The second-order valence-corrected chi connectivity index (χ2v) is 6.80. The molecule has 1 amide bonds. The van der Waals surface area contributed by atoms with Crippen LogP contribution < -0.4 is 11.1 Å². The van der Waals surface area contributed by atoms with Crippen molar-refractivity contribution in [3.8, 4) is 0 Å². The minimum absolute atomic E-state index is 0.0528. The molecular formula is C17H23N3O. The van der Waals surface area contributed by atoms with Gasteiger partial charge in [-0.2, -0.15) is 0 Å². The topological polar surface area (TPSA) is 70.9 Å². The molecule has 0 radical (unpaired) electrons. The largest absolute Gasteiger partial charge is 0.361 e. The van der Waals surface area contributed by atoms with Crippen LogP contribution in [0.15, 0.2) is 30.5 Å². The second kappa shape index (κ2) is 5.19. The van der Waals surface area contributed by atoms with Crippen molar-refractivity contribution in [2.75, 3.05) is 6.54 Å². The third-order valence-corrected chi connectivity index (χ3v) is 4.69. The summed E-state index contributed by atoms with van der Waals surface area (Å²) in [5, 5.41) is 4.13. The number of nitrogens with one attached hydrogen (secondary N) is 2. The lowest BCUT2D eigenvalue weighted by atomic mass is 10.0. The first kappa shape index (κ1) is 14.1. The van der Waals surface area contributed by atoms with Crippen LogP contribution in [0.2, 0.25) is 0 Å². The molecule has 1 unspecified atom stereocenters. The number of hydrogen-bond donors (Lipinski definition) is 3. The maximum Gasteiger partial charge on any atom is 0.237 e. The molecule has 4 nitrogen and oxygen atoms in total. The Morgan fingerprint density at radius 1 is 1.48 bits per heavy atom. The number of amides is 1. The predicted octanol–water partition coefficient (Wildman–Crippen LogP) is 2.20. The maximum atomic E-state index is 12.1. The van der Waals surface area contributed by atoms with Crippen LogP contribution in [0, 0.1) is 11.3 Å². The zero-order valence-electron chi connectivity index (χ0n) is 12.6. The molecule has 1 aromatic heterocycles. The van der Waals surface area contributed by atoms with Gasteiger partial charge in [-0.15, -0.1) is 0 Å². The Morgan fingerprint density at radius 3 is 2.90 bits per heavy atom. The first-order valence-electron chi connectivity index (χ1n) is 7.55. The molecule has 0 bridgehead atoms. The van der Waals surface area contributed by atoms with Crippen LogP contribution in [0.25, 0.3) is 10.9 Å². The Hall–Kier alpha value is -1.81. The molecule has 1 aliphatic carbocycles. The summed E-state index contributed by atoms with van der Waals surface area (Å²) in [5.74, 6) is 0.546. The third kappa shape index (κ3) is 2.95. The van der Waals surface area contributed by atoms with Gasteiger partial charge in [0.25, 0.3) is 0 Å². The Balaban J connectivity index is 1.58. The Bertz CT molecular complexity index is 659. The van der Waals surface area contributed by atoms with Gasteiger partial charge in [-0.1, -0.05) is 32.0 Å². The van der Waals surface area contributed by atoms with Crippen molar-refractivity contribution in [3.05, 3.63) is 36.0 Å². The molecule has 21 heavy (non-hydrogen) atoms. The Morgan fingerprint density at radius 2 is 2.19 bits per heavy atom. The molecule has 1 heterocycles. The number of rotatable bonds is 5. The van der Waals surface area contributed by atoms with Gasteiger partial charge in [-0.05, 0) is 35.8 Å². The highest BCUT2D eigenvalue weighted by Crippen LogP contribution is 2.50. The summed E-state index contributed by atoms with van der Waals surface area (Å²) in [4.78, 5) is 15.3. The zero-order chi connectivity index (χ0) is 15.0. The SMILES string of the molecule is CC1(C)CC1CNC(=O)[C@@H](N)Cc1c[nH]c2ccccc12. The number of aromatic amines is 1. The molecule has 1 fully saturated rings. The van der Waals surface area contributed by atoms with Crippen molar-refractivity contribution in [2.24, 2.45) is 17.1 Å². The van der Waals surface area contributed by atoms with Crippen molar-refractivity contribution in [2.45, 2.75) is 32.7 Å². The minimum Gasteiger partial charge on any atom is -0.361 e. The number of fused-ring (bicyclic) bond motifs is 1. The number of carbonyl (C=O) groups excluding carboxylic acids is 1. The van der Waals surface area contributed by atoms with Crippen LogP contribution in [0.5, 0.6) is 0 Å². The van der Waals surface area contributed by atoms with Crippen molar-refractivity contribution in [3.63, 3.8) is 0 Å². The van der Waals surface area contributed by atoms with Crippen LogP contribution in [0.1, 0.15) is 25.8 Å². The molecule has 1 aromatic carbocycles. The number of hydrogen-bond acceptors (Lipinski definition) is 2. The van der Waals surface area contributed by atoms with Gasteiger partial charge in [0.2, 0.25) is 5.91 Å². The van der Waals surface area contributed by atoms with Crippen LogP contribution in [0.4, 0.5) is 0 Å². The van der Waals surface area contributed by atoms with E-state index < -0.39 is 6.04 Å². The lowest BCUT2D eigenvalue weighted by molar-refractivity contribution is -0.122. The zero-order valence-corrected chi connectivity index (χ0v) is 12.6. The molecular weight excluding hydrogens is 262 g/mol. The summed E-state index contributed by atoms with van der Waals surface area (Å²) in [5.41, 5.74) is 8.61. The first-order valence-corrected chi connectivity index (χ1v) is 7.55. The summed E-state index contributed by atoms with van der Waals surface area (Å²) in [6, 6.07) is 7.58. The van der Waals surface area contributed by atoms with E-state index in [1.807, 2.05) is 24.4 Å². The van der Waals surface area contributed by atoms with Crippen LogP contribution in [-0.4, -0.2) is 23.5 Å². The van der Waals surface area contributed by atoms with E-state index in [2.05, 4.69) is 30.2 Å². The van der Waals surface area contributed by atoms with E-state index in [1.54, 1.807) is 0 Å². The third-order valence-electron chi connectivity index (χ3n) is 4.69. The van der Waals surface area contributed by atoms with E-state index in [0.29, 0.717) is 17.8 Å². The van der Waals surface area contributed by atoms with Crippen molar-refractivity contribution < 1.29 is 4.79 Å². The first-order chi connectivity index (χ1) is 9.97. The molecule has 0 aliphatic heterocycles. The summed E-state index contributed by atoms with van der Waals surface area (Å²) < 4.78 is 0. The molecule has 0 saturated heterocycles. The van der Waals surface area contributed by atoms with Crippen molar-refractivity contribution in [1.82, 2.24) is 10.3 Å². The van der Waals surface area contributed by atoms with E-state index in [9.17, 15) is 4.79 Å². The molecule has 112 valence electrons. The monoisotopic (exact) mass is 285 g/mol. The minimum atomic E-state index is -0.494. The van der Waals surface area contributed by atoms with E-state index in [0.717, 1.165) is 23.0 Å². The van der Waals surface area contributed by atoms with Crippen LogP contribution in [0.3, 0.4) is 0 Å². The van der Waals surface area contributed by atoms with Gasteiger partial charge >= 0.3 is 0 Å². The maximum absolute atomic E-state index is 12.1. The van der Waals surface area contributed by atoms with Gasteiger partial charge in [-0.25, -0.2) is 0 Å². The fourth-order valence-electron chi connectivity index (χ4n) is 2.91. The summed E-state index contributed by atoms with van der Waals surface area (Å²) in [6.07, 6.45) is 3.69. The van der Waals surface area contributed by atoms with E-state index in [4.69, 9.17) is 5.73 Å². The fraction of sp³-hybridized carbons (Fsp3) is 0.471. The molecule has 4 heteroatoms. The fourth-order valence-corrected chi connectivity index (χ4v) is 2.91. The molecule has 1 saturated carbocycles. The van der Waals surface area contributed by atoms with Gasteiger partial charge < -0.3 is 16.0 Å². The molecule has 4 N–H and O–H groups in total. The summed E-state index contributed by atoms with van der Waals surface area (Å²) in [6.45, 7) is 5.21. The van der Waals surface area contributed by atoms with Gasteiger partial charge in [0.1, 0.15) is 0 Å². The number of benzene rings is 1. The normalized spacial score (nSPS) is 21.2. The van der Waals surface area contributed by atoms with Gasteiger partial charge in [0.05, 0.1) is 6.04 Å². The standard InChI is InChI=1S/C17H23N3O/c1-17(2)8-12(17)10-20-16(21)14(18)7-11-9-19-15-6-4-3-5-13(11)15/h3-6,9,12,14,19H,7-8,10,18H2,1-2H3,(H,20,21)/t12?,14-/m0/s1. The highest BCUT2D eigenvalue weighted by atomic mass is 16.2. The average molecular weight is 285 g/mol. The number of carbonyl (C=O) groups is 1. The smallest absolute Gasteiger partial charge is 0.237 e. The lowest BCUT2D eigenvalue weighted by Gasteiger charge is -2.12. The number of nitrogens with two attached hydrogens (primary N) is 1. The molecule has 0 spiro atoms. The van der Waals surface area contributed by atoms with E-state index in [1.165, 1.54) is 6.42 Å². The van der Waals surface area contributed by atoms with Gasteiger partial charge in [0, 0.05) is 23.6 Å². The van der Waals surface area contributed by atoms with Crippen molar-refractivity contribution >= 4 is 16.8 Å². The second-order valence-electron chi connectivity index (χ2n) is 6.80. The Kier molecular flexibility index (Phi) is 3.49. The molecule has 1 aliphatic rings. The highest BCUT2D eigenvalue weighted by Gasteiger charge is 2.45. The molecule has 2 aromatic rings. The van der Waals surface area contributed by atoms with Crippen LogP contribution >= 0.6 is 0 Å². The lowest BCUT2D eigenvalue weighted by Crippen LogP contribution is -2.42. The summed E-state index contributed by atoms with van der Waals surface area (Å²) >= 11 is 0. The van der Waals surface area contributed by atoms with Gasteiger partial charge in [0.15, 0.2) is 0 Å². The van der Waals surface area contributed by atoms with Gasteiger partial charge in [-0.3, -0.25) is 4.79 Å². The average Bonchev–Trinajstić information content (AvgIpc) is 2.89. The number of aromatic nitrogens is 1. The Labute approximate surface area is 125 Å². The predicted molar refractivity (Wildman–Crippen MR) is 84.9 cm³/mol. The van der Waals surface area contributed by atoms with E-state index >= 15 is 0 Å². The molecule has 3 rings (SSSR count). The number of H-pyrrole nitrogens is 1.